The number of sulfone groups is 1. The minimum atomic E-state index is -4.50. The van der Waals surface area contributed by atoms with Crippen LogP contribution in [0.5, 0.6) is 5.88 Å². The summed E-state index contributed by atoms with van der Waals surface area (Å²) in [5.41, 5.74) is 1.75. The molecule has 41 heavy (non-hydrogen) atoms. The number of benzene rings is 2. The van der Waals surface area contributed by atoms with Crippen LogP contribution in [-0.2, 0) is 16.3 Å². The van der Waals surface area contributed by atoms with E-state index in [0.717, 1.165) is 19.3 Å². The SMILES string of the molecule is CCCCc1nc(O)c(S(=O)(=O)c2ccc(-c3ccnc(F)c3C)cc2)c(=O)n1[C@H](c1cccc(C#N)c1)C1CC1. The topological polar surface area (TPSA) is 126 Å². The van der Waals surface area contributed by atoms with Gasteiger partial charge in [0, 0.05) is 18.2 Å². The quantitative estimate of drug-likeness (QED) is 0.262. The Morgan fingerprint density at radius 3 is 2.56 bits per heavy atom. The molecule has 4 aromatic rings. The van der Waals surface area contributed by atoms with Crippen LogP contribution in [0.3, 0.4) is 0 Å². The number of aryl methyl sites for hydroxylation is 1. The molecule has 5 rings (SSSR count). The number of halogens is 1. The third kappa shape index (κ3) is 5.37. The number of aromatic nitrogens is 3. The molecule has 1 atom stereocenters. The van der Waals surface area contributed by atoms with Crippen LogP contribution in [-0.4, -0.2) is 28.1 Å². The van der Waals surface area contributed by atoms with Gasteiger partial charge in [0.15, 0.2) is 4.90 Å². The maximum atomic E-state index is 14.1. The summed E-state index contributed by atoms with van der Waals surface area (Å²) in [5.74, 6) is -1.09. The number of unbranched alkanes of at least 4 members (excludes halogenated alkanes) is 1. The van der Waals surface area contributed by atoms with Crippen LogP contribution in [0.1, 0.15) is 61.2 Å². The molecular formula is C31H29FN4O4S. The average Bonchev–Trinajstić information content (AvgIpc) is 3.80. The molecule has 210 valence electrons. The third-order valence-electron chi connectivity index (χ3n) is 7.47. The molecule has 1 fully saturated rings. The van der Waals surface area contributed by atoms with Crippen molar-refractivity contribution in [1.82, 2.24) is 14.5 Å². The molecule has 1 aliphatic carbocycles. The van der Waals surface area contributed by atoms with Gasteiger partial charge < -0.3 is 5.11 Å². The van der Waals surface area contributed by atoms with Crippen LogP contribution in [0.15, 0.2) is 75.4 Å². The molecule has 2 aromatic heterocycles. The van der Waals surface area contributed by atoms with Crippen molar-refractivity contribution in [2.45, 2.75) is 61.8 Å². The van der Waals surface area contributed by atoms with E-state index in [1.807, 2.05) is 13.0 Å². The van der Waals surface area contributed by atoms with Gasteiger partial charge in [0.1, 0.15) is 5.82 Å². The van der Waals surface area contributed by atoms with Crippen LogP contribution < -0.4 is 5.56 Å². The van der Waals surface area contributed by atoms with Gasteiger partial charge in [-0.25, -0.2) is 13.4 Å². The minimum absolute atomic E-state index is 0.0622. The van der Waals surface area contributed by atoms with Gasteiger partial charge in [-0.15, -0.1) is 0 Å². The molecule has 1 saturated carbocycles. The molecule has 2 heterocycles. The molecule has 2 aromatic carbocycles. The predicted molar refractivity (Wildman–Crippen MR) is 151 cm³/mol. The van der Waals surface area contributed by atoms with Gasteiger partial charge in [-0.05, 0) is 79.1 Å². The number of hydrogen-bond acceptors (Lipinski definition) is 7. The normalized spacial score (nSPS) is 14.0. The zero-order valence-electron chi connectivity index (χ0n) is 22.7. The van der Waals surface area contributed by atoms with E-state index >= 15 is 0 Å². The Morgan fingerprint density at radius 2 is 1.90 bits per heavy atom. The molecular weight excluding hydrogens is 543 g/mol. The first-order valence-electron chi connectivity index (χ1n) is 13.5. The first-order chi connectivity index (χ1) is 19.7. The third-order valence-corrected chi connectivity index (χ3v) is 9.26. The Morgan fingerprint density at radius 1 is 1.17 bits per heavy atom. The first kappa shape index (κ1) is 28.2. The molecule has 0 amide bonds. The fourth-order valence-electron chi connectivity index (χ4n) is 5.17. The smallest absolute Gasteiger partial charge is 0.277 e. The van der Waals surface area contributed by atoms with Crippen LogP contribution in [0.4, 0.5) is 4.39 Å². The number of nitriles is 1. The lowest BCUT2D eigenvalue weighted by Gasteiger charge is -2.24. The highest BCUT2D eigenvalue weighted by atomic mass is 32.2. The standard InChI is InChI=1S/C31H29FN4O4S/c1-3-4-8-26-35-30(37)28(31(38)36(26)27(22-9-10-22)23-7-5-6-20(17-23)18-33)41(39,40)24-13-11-21(12-14-24)25-15-16-34-29(32)19(25)2/h5-7,11-17,22,27,37H,3-4,8-10H2,1-2H3/t27-/m0/s1. The van der Waals surface area contributed by atoms with E-state index in [4.69, 9.17) is 0 Å². The van der Waals surface area contributed by atoms with E-state index in [2.05, 4.69) is 16.0 Å². The molecule has 0 aliphatic heterocycles. The zero-order chi connectivity index (χ0) is 29.3. The van der Waals surface area contributed by atoms with E-state index in [1.54, 1.807) is 31.2 Å². The highest BCUT2D eigenvalue weighted by molar-refractivity contribution is 7.91. The molecule has 0 unspecified atom stereocenters. The number of hydrogen-bond donors (Lipinski definition) is 1. The molecule has 0 saturated heterocycles. The van der Waals surface area contributed by atoms with Crippen LogP contribution in [0.2, 0.25) is 0 Å². The van der Waals surface area contributed by atoms with Crippen LogP contribution >= 0.6 is 0 Å². The second kappa shape index (κ2) is 11.3. The van der Waals surface area contributed by atoms with Crippen LogP contribution in [0, 0.1) is 30.1 Å². The monoisotopic (exact) mass is 572 g/mol. The molecule has 8 nitrogen and oxygen atoms in total. The number of aromatic hydroxyl groups is 1. The van der Waals surface area contributed by atoms with E-state index < -0.39 is 38.2 Å². The molecule has 10 heteroatoms. The summed E-state index contributed by atoms with van der Waals surface area (Å²) in [5, 5.41) is 20.3. The second-order valence-electron chi connectivity index (χ2n) is 10.3. The van der Waals surface area contributed by atoms with Gasteiger partial charge in [-0.3, -0.25) is 9.36 Å². The van der Waals surface area contributed by atoms with Crippen molar-refractivity contribution in [3.63, 3.8) is 0 Å². The molecule has 1 aliphatic rings. The molecule has 0 bridgehead atoms. The average molecular weight is 573 g/mol. The predicted octanol–water partition coefficient (Wildman–Crippen LogP) is 5.50. The summed E-state index contributed by atoms with van der Waals surface area (Å²) in [7, 11) is -4.50. The summed E-state index contributed by atoms with van der Waals surface area (Å²) in [6.07, 6.45) is 4.86. The summed E-state index contributed by atoms with van der Waals surface area (Å²) in [4.78, 5) is 21.0. The molecule has 0 radical (unpaired) electrons. The van der Waals surface area contributed by atoms with Crippen molar-refractivity contribution in [3.05, 3.63) is 99.6 Å². The van der Waals surface area contributed by atoms with Crippen molar-refractivity contribution in [1.29, 1.82) is 5.26 Å². The maximum Gasteiger partial charge on any atom is 0.277 e. The highest BCUT2D eigenvalue weighted by Crippen LogP contribution is 2.44. The van der Waals surface area contributed by atoms with Gasteiger partial charge in [0.05, 0.1) is 22.6 Å². The Labute approximate surface area is 237 Å². The van der Waals surface area contributed by atoms with Gasteiger partial charge in [0.2, 0.25) is 21.7 Å². The largest absolute Gasteiger partial charge is 0.492 e. The van der Waals surface area contributed by atoms with Crippen molar-refractivity contribution >= 4 is 9.84 Å². The van der Waals surface area contributed by atoms with Crippen LogP contribution in [0.25, 0.3) is 11.1 Å². The minimum Gasteiger partial charge on any atom is -0.492 e. The number of nitrogens with zero attached hydrogens (tertiary/aromatic N) is 4. The summed E-state index contributed by atoms with van der Waals surface area (Å²) in [6, 6.07) is 15.9. The number of rotatable bonds is 9. The Hall–Kier alpha value is -4.36. The van der Waals surface area contributed by atoms with Gasteiger partial charge >= 0.3 is 0 Å². The van der Waals surface area contributed by atoms with E-state index in [-0.39, 0.29) is 10.8 Å². The summed E-state index contributed by atoms with van der Waals surface area (Å²) < 4.78 is 43.1. The fraction of sp³-hybridized carbons (Fsp3) is 0.290. The maximum absolute atomic E-state index is 14.1. The Bertz CT molecular complexity index is 1820. The lowest BCUT2D eigenvalue weighted by atomic mass is 9.99. The Balaban J connectivity index is 1.66. The zero-order valence-corrected chi connectivity index (χ0v) is 23.5. The van der Waals surface area contributed by atoms with Gasteiger partial charge in [0.25, 0.3) is 5.56 Å². The Kier molecular flexibility index (Phi) is 7.74. The van der Waals surface area contributed by atoms with E-state index in [1.165, 1.54) is 35.0 Å². The van der Waals surface area contributed by atoms with Crippen molar-refractivity contribution in [3.8, 4) is 23.1 Å². The fourth-order valence-corrected chi connectivity index (χ4v) is 6.52. The second-order valence-corrected chi connectivity index (χ2v) is 12.2. The first-order valence-corrected chi connectivity index (χ1v) is 15.0. The molecule has 0 spiro atoms. The number of pyridine rings is 1. The lowest BCUT2D eigenvalue weighted by molar-refractivity contribution is 0.399. The van der Waals surface area contributed by atoms with Gasteiger partial charge in [-0.2, -0.15) is 14.6 Å². The van der Waals surface area contributed by atoms with Gasteiger partial charge in [-0.1, -0.05) is 37.6 Å². The summed E-state index contributed by atoms with van der Waals surface area (Å²) >= 11 is 0. The summed E-state index contributed by atoms with van der Waals surface area (Å²) in [6.45, 7) is 3.57. The van der Waals surface area contributed by atoms with Crippen molar-refractivity contribution < 1.29 is 17.9 Å². The van der Waals surface area contributed by atoms with Crippen molar-refractivity contribution in [2.75, 3.05) is 0 Å². The highest BCUT2D eigenvalue weighted by Gasteiger charge is 2.38. The lowest BCUT2D eigenvalue weighted by Crippen LogP contribution is -2.34. The molecule has 1 N–H and O–H groups in total. The van der Waals surface area contributed by atoms with E-state index in [9.17, 15) is 28.0 Å². The van der Waals surface area contributed by atoms with Crippen molar-refractivity contribution in [2.24, 2.45) is 5.92 Å². The van der Waals surface area contributed by atoms with E-state index in [0.29, 0.717) is 46.5 Å².